The zero-order valence-electron chi connectivity index (χ0n) is 10.8. The summed E-state index contributed by atoms with van der Waals surface area (Å²) >= 11 is 0. The van der Waals surface area contributed by atoms with Gasteiger partial charge in [0, 0.05) is 36.9 Å². The lowest BCUT2D eigenvalue weighted by Crippen LogP contribution is -2.45. The summed E-state index contributed by atoms with van der Waals surface area (Å²) in [5.74, 6) is 0. The van der Waals surface area contributed by atoms with Crippen LogP contribution in [0.15, 0.2) is 29.4 Å². The molecule has 8 heteroatoms. The summed E-state index contributed by atoms with van der Waals surface area (Å²) in [7, 11) is -3.50. The van der Waals surface area contributed by atoms with E-state index in [-0.39, 0.29) is 23.3 Å². The van der Waals surface area contributed by atoms with E-state index in [1.165, 1.54) is 10.5 Å². The molecule has 3 heterocycles. The maximum atomic E-state index is 12.6. The van der Waals surface area contributed by atoms with Crippen LogP contribution in [0, 0.1) is 0 Å². The maximum absolute atomic E-state index is 12.6. The third-order valence-corrected chi connectivity index (χ3v) is 5.36. The van der Waals surface area contributed by atoms with Crippen LogP contribution in [0.5, 0.6) is 0 Å². The van der Waals surface area contributed by atoms with E-state index in [4.69, 9.17) is 5.73 Å². The van der Waals surface area contributed by atoms with E-state index in [2.05, 4.69) is 9.97 Å². The minimum absolute atomic E-state index is 0. The van der Waals surface area contributed by atoms with Crippen LogP contribution in [0.1, 0.15) is 12.8 Å². The van der Waals surface area contributed by atoms with Crippen LogP contribution >= 0.6 is 12.4 Å². The van der Waals surface area contributed by atoms with Crippen LogP contribution < -0.4 is 5.73 Å². The molecule has 0 radical (unpaired) electrons. The third kappa shape index (κ3) is 2.54. The van der Waals surface area contributed by atoms with Gasteiger partial charge in [-0.15, -0.1) is 12.4 Å². The van der Waals surface area contributed by atoms with Crippen LogP contribution in [-0.4, -0.2) is 41.8 Å². The molecule has 1 aliphatic rings. The number of pyridine rings is 1. The summed E-state index contributed by atoms with van der Waals surface area (Å²) in [5, 5.41) is 0.627. The van der Waals surface area contributed by atoms with Crippen molar-refractivity contribution < 1.29 is 8.42 Å². The minimum atomic E-state index is -3.50. The zero-order chi connectivity index (χ0) is 13.5. The number of sulfonamides is 1. The van der Waals surface area contributed by atoms with Crippen LogP contribution in [0.25, 0.3) is 11.0 Å². The Kier molecular flexibility index (Phi) is 4.33. The zero-order valence-corrected chi connectivity index (χ0v) is 12.5. The highest BCUT2D eigenvalue weighted by atomic mass is 35.5. The van der Waals surface area contributed by atoms with Gasteiger partial charge in [-0.1, -0.05) is 0 Å². The Morgan fingerprint density at radius 3 is 3.00 bits per heavy atom. The summed E-state index contributed by atoms with van der Waals surface area (Å²) in [6.45, 7) is 0.915. The number of nitrogens with two attached hydrogens (primary N) is 1. The standard InChI is InChI=1S/C12H16N4O2S.ClH/c13-9-3-2-6-16(8-9)19(17,18)11-7-15-12-10(11)4-1-5-14-12;/h1,4-5,7,9H,2-3,6,8,13H2,(H,14,15);1H/t9-;/m1./s1. The maximum Gasteiger partial charge on any atom is 0.245 e. The molecule has 3 rings (SSSR count). The molecule has 0 bridgehead atoms. The molecule has 2 aromatic heterocycles. The predicted octanol–water partition coefficient (Wildman–Crippen LogP) is 1.10. The normalized spacial score (nSPS) is 20.8. The highest BCUT2D eigenvalue weighted by Gasteiger charge is 2.30. The Balaban J connectivity index is 0.00000147. The van der Waals surface area contributed by atoms with Crippen molar-refractivity contribution in [1.29, 1.82) is 0 Å². The fraction of sp³-hybridized carbons (Fsp3) is 0.417. The summed E-state index contributed by atoms with van der Waals surface area (Å²) in [6.07, 6.45) is 4.82. The molecule has 6 nitrogen and oxygen atoms in total. The molecule has 0 aliphatic carbocycles. The number of nitrogens with zero attached hydrogens (tertiary/aromatic N) is 2. The van der Waals surface area contributed by atoms with Gasteiger partial charge in [-0.25, -0.2) is 13.4 Å². The number of rotatable bonds is 2. The van der Waals surface area contributed by atoms with Crippen molar-refractivity contribution in [3.8, 4) is 0 Å². The minimum Gasteiger partial charge on any atom is -0.345 e. The van der Waals surface area contributed by atoms with E-state index in [9.17, 15) is 8.42 Å². The van der Waals surface area contributed by atoms with E-state index >= 15 is 0 Å². The van der Waals surface area contributed by atoms with Gasteiger partial charge < -0.3 is 10.7 Å². The van der Waals surface area contributed by atoms with E-state index in [0.29, 0.717) is 24.1 Å². The van der Waals surface area contributed by atoms with Gasteiger partial charge in [-0.3, -0.25) is 0 Å². The number of hydrogen-bond acceptors (Lipinski definition) is 4. The predicted molar refractivity (Wildman–Crippen MR) is 79.3 cm³/mol. The Bertz CT molecular complexity index is 700. The van der Waals surface area contributed by atoms with Crippen molar-refractivity contribution in [3.63, 3.8) is 0 Å². The van der Waals surface area contributed by atoms with E-state index in [1.54, 1.807) is 18.3 Å². The summed E-state index contributed by atoms with van der Waals surface area (Å²) in [5.41, 5.74) is 6.45. The SMILES string of the molecule is Cl.N[C@@H]1CCCN(S(=O)(=O)c2c[nH]c3ncccc23)C1. The molecular weight excluding hydrogens is 300 g/mol. The highest BCUT2D eigenvalue weighted by Crippen LogP contribution is 2.26. The van der Waals surface area contributed by atoms with Gasteiger partial charge in [-0.05, 0) is 25.0 Å². The largest absolute Gasteiger partial charge is 0.345 e. The van der Waals surface area contributed by atoms with Gasteiger partial charge in [0.1, 0.15) is 10.5 Å². The first-order chi connectivity index (χ1) is 9.09. The highest BCUT2D eigenvalue weighted by molar-refractivity contribution is 7.89. The Morgan fingerprint density at radius 2 is 2.25 bits per heavy atom. The van der Waals surface area contributed by atoms with Crippen LogP contribution in [0.2, 0.25) is 0 Å². The molecule has 0 spiro atoms. The molecule has 0 amide bonds. The first-order valence-corrected chi connectivity index (χ1v) is 7.71. The second-order valence-corrected chi connectivity index (χ2v) is 6.72. The number of hydrogen-bond donors (Lipinski definition) is 2. The molecule has 0 saturated carbocycles. The molecule has 110 valence electrons. The average Bonchev–Trinajstić information content (AvgIpc) is 2.83. The molecular formula is C12H17ClN4O2S. The van der Waals surface area contributed by atoms with Crippen LogP contribution in [-0.2, 0) is 10.0 Å². The van der Waals surface area contributed by atoms with Crippen molar-refractivity contribution in [2.75, 3.05) is 13.1 Å². The molecule has 1 atom stereocenters. The summed E-state index contributed by atoms with van der Waals surface area (Å²) in [4.78, 5) is 7.29. The lowest BCUT2D eigenvalue weighted by molar-refractivity contribution is 0.316. The summed E-state index contributed by atoms with van der Waals surface area (Å²) < 4.78 is 26.7. The van der Waals surface area contributed by atoms with Gasteiger partial charge in [0.2, 0.25) is 10.0 Å². The average molecular weight is 317 g/mol. The van der Waals surface area contributed by atoms with Gasteiger partial charge in [-0.2, -0.15) is 4.31 Å². The number of H-pyrrole nitrogens is 1. The molecule has 2 aromatic rings. The van der Waals surface area contributed by atoms with Crippen molar-refractivity contribution in [2.24, 2.45) is 5.73 Å². The number of halogens is 1. The Hall–Kier alpha value is -1.15. The molecule has 1 fully saturated rings. The molecule has 1 aliphatic heterocycles. The third-order valence-electron chi connectivity index (χ3n) is 3.45. The number of piperidine rings is 1. The van der Waals surface area contributed by atoms with Crippen molar-refractivity contribution in [1.82, 2.24) is 14.3 Å². The van der Waals surface area contributed by atoms with Crippen molar-refractivity contribution in [2.45, 2.75) is 23.8 Å². The Morgan fingerprint density at radius 1 is 1.45 bits per heavy atom. The summed E-state index contributed by atoms with van der Waals surface area (Å²) in [6, 6.07) is 3.42. The van der Waals surface area contributed by atoms with Crippen LogP contribution in [0.4, 0.5) is 0 Å². The topological polar surface area (TPSA) is 92.1 Å². The van der Waals surface area contributed by atoms with Crippen molar-refractivity contribution >= 4 is 33.5 Å². The Labute approximate surface area is 123 Å². The van der Waals surface area contributed by atoms with E-state index in [0.717, 1.165) is 12.8 Å². The molecule has 3 N–H and O–H groups in total. The molecule has 0 unspecified atom stereocenters. The second kappa shape index (κ2) is 5.69. The number of aromatic amines is 1. The monoisotopic (exact) mass is 316 g/mol. The fourth-order valence-corrected chi connectivity index (χ4v) is 4.16. The first kappa shape index (κ1) is 15.2. The first-order valence-electron chi connectivity index (χ1n) is 6.27. The van der Waals surface area contributed by atoms with Gasteiger partial charge in [0.25, 0.3) is 0 Å². The van der Waals surface area contributed by atoms with E-state index in [1.807, 2.05) is 0 Å². The lowest BCUT2D eigenvalue weighted by Gasteiger charge is -2.29. The lowest BCUT2D eigenvalue weighted by atomic mass is 10.1. The van der Waals surface area contributed by atoms with Gasteiger partial charge in [0.15, 0.2) is 0 Å². The van der Waals surface area contributed by atoms with Crippen molar-refractivity contribution in [3.05, 3.63) is 24.5 Å². The smallest absolute Gasteiger partial charge is 0.245 e. The molecule has 20 heavy (non-hydrogen) atoms. The molecule has 1 saturated heterocycles. The second-order valence-electron chi connectivity index (χ2n) is 4.82. The van der Waals surface area contributed by atoms with Gasteiger partial charge >= 0.3 is 0 Å². The molecule has 0 aromatic carbocycles. The van der Waals surface area contributed by atoms with Gasteiger partial charge in [0.05, 0.1) is 0 Å². The number of aromatic nitrogens is 2. The number of fused-ring (bicyclic) bond motifs is 1. The van der Waals surface area contributed by atoms with Crippen LogP contribution in [0.3, 0.4) is 0 Å². The number of nitrogens with one attached hydrogen (secondary N) is 1. The fourth-order valence-electron chi connectivity index (χ4n) is 2.48. The quantitative estimate of drug-likeness (QED) is 0.867. The van der Waals surface area contributed by atoms with E-state index < -0.39 is 10.0 Å².